The summed E-state index contributed by atoms with van der Waals surface area (Å²) in [6.45, 7) is 8.76. The summed E-state index contributed by atoms with van der Waals surface area (Å²) < 4.78 is 10.6. The lowest BCUT2D eigenvalue weighted by molar-refractivity contribution is -0.158. The van der Waals surface area contributed by atoms with Gasteiger partial charge in [-0.3, -0.25) is 14.5 Å². The van der Waals surface area contributed by atoms with Crippen LogP contribution in [0.25, 0.3) is 0 Å². The molecule has 3 amide bonds. The number of amides is 3. The van der Waals surface area contributed by atoms with E-state index in [1.165, 1.54) is 18.7 Å². The lowest BCUT2D eigenvalue weighted by atomic mass is 10.1. The number of benzene rings is 1. The Morgan fingerprint density at radius 1 is 1.06 bits per heavy atom. The number of esters is 1. The number of nitrogens with one attached hydrogen (secondary N) is 2. The molecule has 1 aliphatic rings. The topological polar surface area (TPSA) is 114 Å². The van der Waals surface area contributed by atoms with Crippen LogP contribution in [0.2, 0.25) is 0 Å². The van der Waals surface area contributed by atoms with Gasteiger partial charge in [0, 0.05) is 6.54 Å². The minimum absolute atomic E-state index is 0.117. The molecule has 0 radical (unpaired) electrons. The van der Waals surface area contributed by atoms with Crippen LogP contribution in [0.5, 0.6) is 0 Å². The molecule has 32 heavy (non-hydrogen) atoms. The van der Waals surface area contributed by atoms with Gasteiger partial charge >= 0.3 is 12.1 Å². The largest absolute Gasteiger partial charge is 0.458 e. The number of carbonyl (C=O) groups is 4. The molecule has 1 aliphatic heterocycles. The minimum atomic E-state index is -0.893. The van der Waals surface area contributed by atoms with E-state index >= 15 is 0 Å². The molecule has 176 valence electrons. The smallest absolute Gasteiger partial charge is 0.410 e. The highest BCUT2D eigenvalue weighted by Gasteiger charge is 2.36. The van der Waals surface area contributed by atoms with Gasteiger partial charge in [0.1, 0.15) is 30.3 Å². The molecule has 3 atom stereocenters. The first kappa shape index (κ1) is 25.2. The van der Waals surface area contributed by atoms with Gasteiger partial charge < -0.3 is 20.1 Å². The second-order valence-corrected chi connectivity index (χ2v) is 8.89. The van der Waals surface area contributed by atoms with Crippen molar-refractivity contribution in [1.29, 1.82) is 0 Å². The summed E-state index contributed by atoms with van der Waals surface area (Å²) in [5, 5.41) is 5.16. The molecule has 9 heteroatoms. The van der Waals surface area contributed by atoms with Crippen LogP contribution in [0.15, 0.2) is 30.3 Å². The lowest BCUT2D eigenvalue weighted by Crippen LogP contribution is -2.54. The normalized spacial score (nSPS) is 17.8. The first-order chi connectivity index (χ1) is 15.0. The maximum absolute atomic E-state index is 12.7. The van der Waals surface area contributed by atoms with Crippen molar-refractivity contribution in [3.8, 4) is 0 Å². The van der Waals surface area contributed by atoms with Gasteiger partial charge in [0.25, 0.3) is 0 Å². The molecule has 2 rings (SSSR count). The summed E-state index contributed by atoms with van der Waals surface area (Å²) in [7, 11) is 0. The molecule has 0 spiro atoms. The SMILES string of the molecule is C[C@H](NC(=O)[C@@H](C)NC(=O)[C@@H]1CCCN1C(=O)OCc1ccccc1)C(=O)OC(C)(C)C. The number of rotatable bonds is 7. The van der Waals surface area contributed by atoms with Crippen molar-refractivity contribution in [2.24, 2.45) is 0 Å². The Bertz CT molecular complexity index is 821. The van der Waals surface area contributed by atoms with E-state index in [1.54, 1.807) is 20.8 Å². The van der Waals surface area contributed by atoms with Crippen molar-refractivity contribution < 1.29 is 28.7 Å². The van der Waals surface area contributed by atoms with Crippen molar-refractivity contribution in [1.82, 2.24) is 15.5 Å². The van der Waals surface area contributed by atoms with E-state index in [1.807, 2.05) is 30.3 Å². The summed E-state index contributed by atoms with van der Waals surface area (Å²) in [6, 6.07) is 6.80. The average Bonchev–Trinajstić information content (AvgIpc) is 3.21. The maximum atomic E-state index is 12.7. The summed E-state index contributed by atoms with van der Waals surface area (Å²) in [6.07, 6.45) is 0.575. The molecule has 2 N–H and O–H groups in total. The first-order valence-corrected chi connectivity index (χ1v) is 10.8. The number of nitrogens with zero attached hydrogens (tertiary/aromatic N) is 1. The number of likely N-dealkylation sites (tertiary alicyclic amines) is 1. The molecule has 0 aromatic heterocycles. The summed E-state index contributed by atoms with van der Waals surface area (Å²) in [4.78, 5) is 51.0. The van der Waals surface area contributed by atoms with Gasteiger partial charge in [-0.05, 0) is 53.0 Å². The zero-order valence-corrected chi connectivity index (χ0v) is 19.3. The van der Waals surface area contributed by atoms with E-state index in [-0.39, 0.29) is 6.61 Å². The molecular weight excluding hydrogens is 414 g/mol. The third-order valence-corrected chi connectivity index (χ3v) is 4.87. The molecule has 1 aromatic rings. The standard InChI is InChI=1S/C23H33N3O6/c1-15(19(27)25-16(2)21(29)32-23(3,4)5)24-20(28)18-12-9-13-26(18)22(30)31-14-17-10-7-6-8-11-17/h6-8,10-11,15-16,18H,9,12-14H2,1-5H3,(H,24,28)(H,25,27)/t15-,16+,18+/m1/s1. The highest BCUT2D eigenvalue weighted by atomic mass is 16.6. The van der Waals surface area contributed by atoms with Crippen LogP contribution in [-0.4, -0.2) is 59.0 Å². The van der Waals surface area contributed by atoms with Crippen LogP contribution in [-0.2, 0) is 30.5 Å². The fourth-order valence-corrected chi connectivity index (χ4v) is 3.22. The summed E-state index contributed by atoms with van der Waals surface area (Å²) >= 11 is 0. The van der Waals surface area contributed by atoms with Gasteiger partial charge in [-0.25, -0.2) is 9.59 Å². The van der Waals surface area contributed by atoms with Crippen LogP contribution < -0.4 is 10.6 Å². The Morgan fingerprint density at radius 2 is 1.72 bits per heavy atom. The van der Waals surface area contributed by atoms with Gasteiger partial charge in [-0.1, -0.05) is 30.3 Å². The summed E-state index contributed by atoms with van der Waals surface area (Å²) in [5.74, 6) is -1.52. The lowest BCUT2D eigenvalue weighted by Gasteiger charge is -2.26. The number of carbonyl (C=O) groups excluding carboxylic acids is 4. The predicted molar refractivity (Wildman–Crippen MR) is 117 cm³/mol. The number of hydrogen-bond acceptors (Lipinski definition) is 6. The second-order valence-electron chi connectivity index (χ2n) is 8.89. The third-order valence-electron chi connectivity index (χ3n) is 4.87. The molecule has 1 aromatic carbocycles. The van der Waals surface area contributed by atoms with Gasteiger partial charge in [0.2, 0.25) is 11.8 Å². The molecule has 1 saturated heterocycles. The monoisotopic (exact) mass is 447 g/mol. The number of hydrogen-bond donors (Lipinski definition) is 2. The van der Waals surface area contributed by atoms with Crippen LogP contribution in [0.3, 0.4) is 0 Å². The second kappa shape index (κ2) is 11.0. The van der Waals surface area contributed by atoms with Crippen LogP contribution >= 0.6 is 0 Å². The number of ether oxygens (including phenoxy) is 2. The van der Waals surface area contributed by atoms with E-state index in [2.05, 4.69) is 10.6 Å². The third kappa shape index (κ3) is 7.55. The van der Waals surface area contributed by atoms with Crippen molar-refractivity contribution in [2.75, 3.05) is 6.54 Å². The Balaban J connectivity index is 1.86. The molecule has 9 nitrogen and oxygen atoms in total. The highest BCUT2D eigenvalue weighted by Crippen LogP contribution is 2.19. The van der Waals surface area contributed by atoms with E-state index in [0.717, 1.165) is 5.56 Å². The molecule has 1 fully saturated rings. The average molecular weight is 448 g/mol. The Labute approximate surface area is 188 Å². The van der Waals surface area contributed by atoms with Gasteiger partial charge in [0.05, 0.1) is 0 Å². The highest BCUT2D eigenvalue weighted by molar-refractivity contribution is 5.93. The Hall–Kier alpha value is -3.10. The maximum Gasteiger partial charge on any atom is 0.410 e. The van der Waals surface area contributed by atoms with Crippen molar-refractivity contribution in [3.05, 3.63) is 35.9 Å². The molecule has 0 saturated carbocycles. The molecule has 1 heterocycles. The zero-order valence-electron chi connectivity index (χ0n) is 19.3. The molecular formula is C23H33N3O6. The molecule has 0 bridgehead atoms. The van der Waals surface area contributed by atoms with Gasteiger partial charge in [-0.15, -0.1) is 0 Å². The van der Waals surface area contributed by atoms with Crippen LogP contribution in [0, 0.1) is 0 Å². The van der Waals surface area contributed by atoms with Crippen molar-refractivity contribution in [3.63, 3.8) is 0 Å². The van der Waals surface area contributed by atoms with E-state index < -0.39 is 47.6 Å². The van der Waals surface area contributed by atoms with Gasteiger partial charge in [-0.2, -0.15) is 0 Å². The van der Waals surface area contributed by atoms with E-state index in [0.29, 0.717) is 19.4 Å². The molecule has 0 unspecified atom stereocenters. The zero-order chi connectivity index (χ0) is 23.9. The summed E-state index contributed by atoms with van der Waals surface area (Å²) in [5.41, 5.74) is 0.183. The fourth-order valence-electron chi connectivity index (χ4n) is 3.22. The Morgan fingerprint density at radius 3 is 2.34 bits per heavy atom. The fraction of sp³-hybridized carbons (Fsp3) is 0.565. The van der Waals surface area contributed by atoms with E-state index in [4.69, 9.17) is 9.47 Å². The van der Waals surface area contributed by atoms with E-state index in [9.17, 15) is 19.2 Å². The predicted octanol–water partition coefficient (Wildman–Crippen LogP) is 2.14. The minimum Gasteiger partial charge on any atom is -0.458 e. The quantitative estimate of drug-likeness (QED) is 0.619. The van der Waals surface area contributed by atoms with Gasteiger partial charge in [0.15, 0.2) is 0 Å². The molecule has 0 aliphatic carbocycles. The van der Waals surface area contributed by atoms with Crippen LogP contribution in [0.4, 0.5) is 4.79 Å². The van der Waals surface area contributed by atoms with Crippen molar-refractivity contribution in [2.45, 2.75) is 77.8 Å². The Kier molecular flexibility index (Phi) is 8.63. The van der Waals surface area contributed by atoms with Crippen molar-refractivity contribution >= 4 is 23.9 Å². The first-order valence-electron chi connectivity index (χ1n) is 10.8. The van der Waals surface area contributed by atoms with Crippen LogP contribution in [0.1, 0.15) is 53.0 Å².